The Morgan fingerprint density at radius 1 is 1.15 bits per heavy atom. The monoisotopic (exact) mass is 378 g/mol. The van der Waals surface area contributed by atoms with Crippen LogP contribution in [0, 0.1) is 11.8 Å². The highest BCUT2D eigenvalue weighted by Crippen LogP contribution is 2.34. The van der Waals surface area contributed by atoms with Gasteiger partial charge in [-0.2, -0.15) is 0 Å². The Kier molecular flexibility index (Phi) is 6.73. The lowest BCUT2D eigenvalue weighted by molar-refractivity contribution is -0.150. The third kappa shape index (κ3) is 5.21. The van der Waals surface area contributed by atoms with E-state index in [0.29, 0.717) is 38.4 Å². The van der Waals surface area contributed by atoms with E-state index < -0.39 is 0 Å². The number of piperidine rings is 1. The normalized spacial score (nSPS) is 25.5. The molecule has 0 aromatic carbocycles. The minimum atomic E-state index is -0.348. The number of carbonyl (C=O) groups is 3. The van der Waals surface area contributed by atoms with Crippen LogP contribution in [-0.2, 0) is 14.4 Å². The number of nitrogens with one attached hydrogen (secondary N) is 1. The van der Waals surface area contributed by atoms with Crippen LogP contribution >= 0.6 is 0 Å². The molecule has 3 rings (SSSR count). The van der Waals surface area contributed by atoms with Crippen molar-refractivity contribution in [2.45, 2.75) is 70.4 Å². The minimum absolute atomic E-state index is 0.0785. The molecule has 27 heavy (non-hydrogen) atoms. The number of nitrogens with two attached hydrogens (primary N) is 1. The van der Waals surface area contributed by atoms with Gasteiger partial charge in [-0.3, -0.25) is 14.4 Å². The van der Waals surface area contributed by atoms with Crippen LogP contribution < -0.4 is 11.1 Å². The van der Waals surface area contributed by atoms with Gasteiger partial charge in [-0.15, -0.1) is 0 Å². The fourth-order valence-electron chi connectivity index (χ4n) is 4.48. The van der Waals surface area contributed by atoms with Crippen molar-refractivity contribution in [2.24, 2.45) is 17.6 Å². The maximum atomic E-state index is 13.2. The summed E-state index contributed by atoms with van der Waals surface area (Å²) in [5.41, 5.74) is 5.30. The van der Waals surface area contributed by atoms with E-state index in [1.54, 1.807) is 0 Å². The summed E-state index contributed by atoms with van der Waals surface area (Å²) in [5, 5.41) is 3.35. The Hall–Kier alpha value is -1.63. The largest absolute Gasteiger partial charge is 0.370 e. The second-order valence-corrected chi connectivity index (χ2v) is 8.46. The molecule has 152 valence electrons. The van der Waals surface area contributed by atoms with Crippen LogP contribution in [0.15, 0.2) is 0 Å². The molecule has 3 aliphatic rings. The van der Waals surface area contributed by atoms with Gasteiger partial charge in [0.2, 0.25) is 17.7 Å². The van der Waals surface area contributed by atoms with Crippen LogP contribution in [0.25, 0.3) is 0 Å². The highest BCUT2D eigenvalue weighted by molar-refractivity contribution is 5.90. The predicted molar refractivity (Wildman–Crippen MR) is 103 cm³/mol. The SMILES string of the molecule is CCC[C@@H](C(=O)N1CCC(CC(N)=O)CC1)N1CCN[C@@H](CC2CC2)C1=O. The van der Waals surface area contributed by atoms with Gasteiger partial charge in [0, 0.05) is 32.6 Å². The Balaban J connectivity index is 1.61. The van der Waals surface area contributed by atoms with Crippen molar-refractivity contribution in [1.29, 1.82) is 0 Å². The molecule has 3 amide bonds. The van der Waals surface area contributed by atoms with Gasteiger partial charge in [0.15, 0.2) is 0 Å². The molecule has 7 nitrogen and oxygen atoms in total. The summed E-state index contributed by atoms with van der Waals surface area (Å²) in [6.45, 7) is 4.74. The lowest BCUT2D eigenvalue weighted by atomic mass is 9.92. The Morgan fingerprint density at radius 2 is 1.85 bits per heavy atom. The first kappa shape index (κ1) is 20.1. The van der Waals surface area contributed by atoms with E-state index in [9.17, 15) is 14.4 Å². The van der Waals surface area contributed by atoms with Crippen molar-refractivity contribution in [1.82, 2.24) is 15.1 Å². The molecule has 2 heterocycles. The maximum absolute atomic E-state index is 13.2. The first-order valence-electron chi connectivity index (χ1n) is 10.6. The summed E-state index contributed by atoms with van der Waals surface area (Å²) in [7, 11) is 0. The number of rotatable bonds is 8. The number of hydrogen-bond donors (Lipinski definition) is 2. The summed E-state index contributed by atoms with van der Waals surface area (Å²) in [6.07, 6.45) is 6.97. The van der Waals surface area contributed by atoms with Crippen LogP contribution in [0.5, 0.6) is 0 Å². The first-order valence-corrected chi connectivity index (χ1v) is 10.6. The third-order valence-electron chi connectivity index (χ3n) is 6.23. The van der Waals surface area contributed by atoms with Gasteiger partial charge >= 0.3 is 0 Å². The van der Waals surface area contributed by atoms with Gasteiger partial charge in [0.05, 0.1) is 6.04 Å². The van der Waals surface area contributed by atoms with Crippen molar-refractivity contribution in [3.05, 3.63) is 0 Å². The minimum Gasteiger partial charge on any atom is -0.370 e. The highest BCUT2D eigenvalue weighted by atomic mass is 16.2. The average molecular weight is 379 g/mol. The molecular weight excluding hydrogens is 344 g/mol. The number of amides is 3. The van der Waals surface area contributed by atoms with Gasteiger partial charge in [0.1, 0.15) is 6.04 Å². The zero-order valence-electron chi connectivity index (χ0n) is 16.5. The van der Waals surface area contributed by atoms with Crippen molar-refractivity contribution in [3.63, 3.8) is 0 Å². The van der Waals surface area contributed by atoms with Crippen LogP contribution in [0.4, 0.5) is 0 Å². The summed E-state index contributed by atoms with van der Waals surface area (Å²) in [4.78, 5) is 41.1. The van der Waals surface area contributed by atoms with Crippen molar-refractivity contribution >= 4 is 17.7 Å². The number of primary amides is 1. The molecule has 0 bridgehead atoms. The molecule has 3 N–H and O–H groups in total. The van der Waals surface area contributed by atoms with E-state index in [1.165, 1.54) is 12.8 Å². The molecule has 0 unspecified atom stereocenters. The molecule has 0 aromatic heterocycles. The highest BCUT2D eigenvalue weighted by Gasteiger charge is 2.40. The van der Waals surface area contributed by atoms with Gasteiger partial charge in [-0.05, 0) is 37.5 Å². The summed E-state index contributed by atoms with van der Waals surface area (Å²) in [5.74, 6) is 0.867. The van der Waals surface area contributed by atoms with Crippen LogP contribution in [-0.4, -0.2) is 65.8 Å². The van der Waals surface area contributed by atoms with Crippen molar-refractivity contribution in [2.75, 3.05) is 26.2 Å². The number of piperazine rings is 1. The number of hydrogen-bond acceptors (Lipinski definition) is 4. The Bertz CT molecular complexity index is 555. The molecule has 1 saturated carbocycles. The lowest BCUT2D eigenvalue weighted by Crippen LogP contribution is -2.61. The zero-order valence-corrected chi connectivity index (χ0v) is 16.5. The Morgan fingerprint density at radius 3 is 2.44 bits per heavy atom. The second kappa shape index (κ2) is 9.04. The summed E-state index contributed by atoms with van der Waals surface area (Å²) < 4.78 is 0. The Labute approximate surface area is 162 Å². The van der Waals surface area contributed by atoms with Crippen LogP contribution in [0.2, 0.25) is 0 Å². The van der Waals surface area contributed by atoms with E-state index in [2.05, 4.69) is 12.2 Å². The smallest absolute Gasteiger partial charge is 0.245 e. The third-order valence-corrected chi connectivity index (χ3v) is 6.23. The van der Waals surface area contributed by atoms with E-state index in [0.717, 1.165) is 32.2 Å². The van der Waals surface area contributed by atoms with Gasteiger partial charge in [0.25, 0.3) is 0 Å². The second-order valence-electron chi connectivity index (χ2n) is 8.46. The molecular formula is C20H34N4O3. The standard InChI is InChI=1S/C20H34N4O3/c1-2-3-17(20(27)23-9-6-15(7-10-23)13-18(21)25)24-11-8-22-16(19(24)26)12-14-4-5-14/h14-17,22H,2-13H2,1H3,(H2,21,25)/t16-,17-/m0/s1. The number of likely N-dealkylation sites (tertiary alicyclic amines) is 1. The molecule has 0 aromatic rings. The van der Waals surface area contributed by atoms with E-state index in [1.807, 2.05) is 9.80 Å². The molecule has 7 heteroatoms. The van der Waals surface area contributed by atoms with Crippen LogP contribution in [0.3, 0.4) is 0 Å². The first-order chi connectivity index (χ1) is 13.0. The van der Waals surface area contributed by atoms with Crippen molar-refractivity contribution in [3.8, 4) is 0 Å². The molecule has 0 radical (unpaired) electrons. The quantitative estimate of drug-likeness (QED) is 0.655. The van der Waals surface area contributed by atoms with Gasteiger partial charge < -0.3 is 20.9 Å². The molecule has 2 atom stereocenters. The predicted octanol–water partition coefficient (Wildman–Crippen LogP) is 0.870. The number of carbonyl (C=O) groups excluding carboxylic acids is 3. The summed E-state index contributed by atoms with van der Waals surface area (Å²) >= 11 is 0. The van der Waals surface area contributed by atoms with E-state index >= 15 is 0 Å². The maximum Gasteiger partial charge on any atom is 0.245 e. The fraction of sp³-hybridized carbons (Fsp3) is 0.850. The average Bonchev–Trinajstić information content (AvgIpc) is 3.46. The van der Waals surface area contributed by atoms with Gasteiger partial charge in [-0.25, -0.2) is 0 Å². The van der Waals surface area contributed by atoms with Crippen LogP contribution in [0.1, 0.15) is 58.3 Å². The van der Waals surface area contributed by atoms with E-state index in [4.69, 9.17) is 5.73 Å². The van der Waals surface area contributed by atoms with Gasteiger partial charge in [-0.1, -0.05) is 26.2 Å². The molecule has 2 saturated heterocycles. The molecule has 2 aliphatic heterocycles. The topological polar surface area (TPSA) is 95.7 Å². The zero-order chi connectivity index (χ0) is 19.4. The van der Waals surface area contributed by atoms with Crippen molar-refractivity contribution < 1.29 is 14.4 Å². The van der Waals surface area contributed by atoms with E-state index in [-0.39, 0.29) is 35.7 Å². The molecule has 0 spiro atoms. The molecule has 3 fully saturated rings. The summed E-state index contributed by atoms with van der Waals surface area (Å²) in [6, 6.07) is -0.473. The fourth-order valence-corrected chi connectivity index (χ4v) is 4.48. The lowest BCUT2D eigenvalue weighted by Gasteiger charge is -2.41. The number of nitrogens with zero attached hydrogens (tertiary/aromatic N) is 2. The molecule has 1 aliphatic carbocycles.